The minimum atomic E-state index is -5.08. The number of carboxylic acids is 1. The molecule has 1 N–H and O–H groups in total. The molecule has 1 fully saturated rings. The van der Waals surface area contributed by atoms with E-state index >= 15 is 0 Å². The number of furan rings is 1. The Kier molecular flexibility index (Phi) is 6.42. The average molecular weight is 478 g/mol. The van der Waals surface area contributed by atoms with E-state index in [0.29, 0.717) is 19.0 Å². The molecule has 2 aliphatic heterocycles. The van der Waals surface area contributed by atoms with E-state index in [-0.39, 0.29) is 5.92 Å². The highest BCUT2D eigenvalue weighted by molar-refractivity contribution is 5.73. The summed E-state index contributed by atoms with van der Waals surface area (Å²) in [6.07, 6.45) is -3.40. The SMILES string of the molecule is O=C(O)C(F)(F)F.O=c1c(=O)n2c(nn1Cc1ccccc1)[C@@H]1CN(Cc3ccco3)C[C@@H]1C2. The normalized spacial score (nSPS) is 19.3. The van der Waals surface area contributed by atoms with Gasteiger partial charge in [0.25, 0.3) is 0 Å². The second-order valence-corrected chi connectivity index (χ2v) is 8.17. The number of carbonyl (C=O) groups is 1. The number of halogens is 3. The van der Waals surface area contributed by atoms with E-state index in [1.807, 2.05) is 42.5 Å². The molecule has 0 spiro atoms. The lowest BCUT2D eigenvalue weighted by Crippen LogP contribution is -2.44. The second-order valence-electron chi connectivity index (χ2n) is 8.17. The molecule has 0 bridgehead atoms. The molecule has 12 heteroatoms. The summed E-state index contributed by atoms with van der Waals surface area (Å²) in [4.78, 5) is 36.3. The maximum atomic E-state index is 12.6. The minimum absolute atomic E-state index is 0.176. The van der Waals surface area contributed by atoms with Crippen molar-refractivity contribution in [3.8, 4) is 0 Å². The van der Waals surface area contributed by atoms with Gasteiger partial charge in [-0.2, -0.15) is 18.3 Å². The zero-order chi connectivity index (χ0) is 24.5. The maximum Gasteiger partial charge on any atom is 0.490 e. The third-order valence-corrected chi connectivity index (χ3v) is 5.80. The molecule has 4 heterocycles. The number of aromatic nitrogens is 3. The molecule has 0 radical (unpaired) electrons. The van der Waals surface area contributed by atoms with Crippen molar-refractivity contribution in [3.05, 3.63) is 86.6 Å². The standard InChI is InChI=1S/C20H20N4O3.C2HF3O2/c25-19-20(26)24(9-14-5-2-1-3-6-14)21-18-17-13-22(10-15(17)11-23(18)19)12-16-7-4-8-27-16;3-2(4,5)1(6)7/h1-8,15,17H,9-13H2;(H,6,7)/t15-,17-;/m1./s1. The summed E-state index contributed by atoms with van der Waals surface area (Å²) in [5.41, 5.74) is -0.0465. The summed E-state index contributed by atoms with van der Waals surface area (Å²) in [5.74, 6) is -0.591. The van der Waals surface area contributed by atoms with Gasteiger partial charge in [-0.15, -0.1) is 0 Å². The summed E-state index contributed by atoms with van der Waals surface area (Å²) in [5, 5.41) is 11.7. The number of hydrogen-bond donors (Lipinski definition) is 1. The number of likely N-dealkylation sites (tertiary alicyclic amines) is 1. The van der Waals surface area contributed by atoms with Crippen LogP contribution in [-0.4, -0.2) is 49.6 Å². The van der Waals surface area contributed by atoms with E-state index in [9.17, 15) is 22.8 Å². The lowest BCUT2D eigenvalue weighted by Gasteiger charge is -2.16. The number of alkyl halides is 3. The molecule has 0 saturated carbocycles. The second kappa shape index (κ2) is 9.29. The molecule has 2 aliphatic rings. The van der Waals surface area contributed by atoms with Crippen LogP contribution >= 0.6 is 0 Å². The monoisotopic (exact) mass is 478 g/mol. The van der Waals surface area contributed by atoms with Crippen molar-refractivity contribution >= 4 is 5.97 Å². The van der Waals surface area contributed by atoms with Gasteiger partial charge in [-0.1, -0.05) is 30.3 Å². The van der Waals surface area contributed by atoms with E-state index in [2.05, 4.69) is 10.00 Å². The third kappa shape index (κ3) is 4.96. The van der Waals surface area contributed by atoms with Crippen LogP contribution in [0.5, 0.6) is 0 Å². The number of rotatable bonds is 4. The Morgan fingerprint density at radius 3 is 2.35 bits per heavy atom. The molecule has 180 valence electrons. The topological polar surface area (TPSA) is 111 Å². The lowest BCUT2D eigenvalue weighted by atomic mass is 10.00. The van der Waals surface area contributed by atoms with Gasteiger partial charge in [-0.3, -0.25) is 19.1 Å². The molecule has 3 aromatic rings. The molecular formula is C22H21F3N4O5. The van der Waals surface area contributed by atoms with Crippen LogP contribution in [0.1, 0.15) is 23.1 Å². The van der Waals surface area contributed by atoms with Crippen LogP contribution in [0.15, 0.2) is 62.7 Å². The van der Waals surface area contributed by atoms with Gasteiger partial charge in [0.2, 0.25) is 0 Å². The number of fused-ring (bicyclic) bond motifs is 3. The smallest absolute Gasteiger partial charge is 0.475 e. The Labute approximate surface area is 190 Å². The Balaban J connectivity index is 0.000000344. The van der Waals surface area contributed by atoms with Gasteiger partial charge in [0.05, 0.1) is 19.4 Å². The largest absolute Gasteiger partial charge is 0.490 e. The van der Waals surface area contributed by atoms with Crippen molar-refractivity contribution in [1.29, 1.82) is 0 Å². The van der Waals surface area contributed by atoms with Gasteiger partial charge >= 0.3 is 23.3 Å². The van der Waals surface area contributed by atoms with E-state index in [1.54, 1.807) is 10.8 Å². The van der Waals surface area contributed by atoms with E-state index in [4.69, 9.17) is 14.3 Å². The number of nitrogens with zero attached hydrogens (tertiary/aromatic N) is 4. The number of benzene rings is 1. The zero-order valence-corrected chi connectivity index (χ0v) is 17.8. The fraction of sp³-hybridized carbons (Fsp3) is 0.364. The summed E-state index contributed by atoms with van der Waals surface area (Å²) in [6, 6.07) is 13.5. The first-order valence-electron chi connectivity index (χ1n) is 10.4. The molecule has 0 aliphatic carbocycles. The fourth-order valence-electron chi connectivity index (χ4n) is 4.29. The maximum absolute atomic E-state index is 12.6. The van der Waals surface area contributed by atoms with Crippen LogP contribution in [0, 0.1) is 5.92 Å². The molecule has 9 nitrogen and oxygen atoms in total. The summed E-state index contributed by atoms with van der Waals surface area (Å²) < 4.78 is 40.1. The van der Waals surface area contributed by atoms with Crippen molar-refractivity contribution in [3.63, 3.8) is 0 Å². The summed E-state index contributed by atoms with van der Waals surface area (Å²) in [7, 11) is 0. The van der Waals surface area contributed by atoms with E-state index in [0.717, 1.165) is 36.8 Å². The molecule has 0 unspecified atom stereocenters. The van der Waals surface area contributed by atoms with Crippen LogP contribution in [-0.2, 0) is 24.4 Å². The van der Waals surface area contributed by atoms with Gasteiger partial charge in [0, 0.05) is 31.5 Å². The van der Waals surface area contributed by atoms with Gasteiger partial charge < -0.3 is 9.52 Å². The molecule has 2 aromatic heterocycles. The fourth-order valence-corrected chi connectivity index (χ4v) is 4.29. The van der Waals surface area contributed by atoms with Crippen molar-refractivity contribution < 1.29 is 27.5 Å². The Morgan fingerprint density at radius 1 is 1.03 bits per heavy atom. The zero-order valence-electron chi connectivity index (χ0n) is 17.8. The average Bonchev–Trinajstić information content (AvgIpc) is 3.50. The molecule has 2 atom stereocenters. The summed E-state index contributed by atoms with van der Waals surface area (Å²) >= 11 is 0. The van der Waals surface area contributed by atoms with Gasteiger partial charge in [-0.05, 0) is 17.7 Å². The van der Waals surface area contributed by atoms with Crippen molar-refractivity contribution in [2.45, 2.75) is 31.7 Å². The molecule has 5 rings (SSSR count). The van der Waals surface area contributed by atoms with E-state index in [1.165, 1.54) is 4.68 Å². The van der Waals surface area contributed by atoms with Crippen molar-refractivity contribution in [2.24, 2.45) is 5.92 Å². The van der Waals surface area contributed by atoms with Gasteiger partial charge in [0.15, 0.2) is 0 Å². The highest BCUT2D eigenvalue weighted by Crippen LogP contribution is 2.37. The van der Waals surface area contributed by atoms with Crippen molar-refractivity contribution in [1.82, 2.24) is 19.2 Å². The Morgan fingerprint density at radius 2 is 1.74 bits per heavy atom. The number of aliphatic carboxylic acids is 1. The highest BCUT2D eigenvalue weighted by Gasteiger charge is 2.42. The first-order chi connectivity index (χ1) is 16.1. The minimum Gasteiger partial charge on any atom is -0.475 e. The molecule has 0 amide bonds. The van der Waals surface area contributed by atoms with E-state index < -0.39 is 23.3 Å². The van der Waals surface area contributed by atoms with Crippen LogP contribution in [0.2, 0.25) is 0 Å². The predicted octanol–water partition coefficient (Wildman–Crippen LogP) is 1.91. The van der Waals surface area contributed by atoms with Crippen LogP contribution in [0.3, 0.4) is 0 Å². The van der Waals surface area contributed by atoms with Crippen molar-refractivity contribution in [2.75, 3.05) is 13.1 Å². The third-order valence-electron chi connectivity index (χ3n) is 5.80. The molecule has 1 saturated heterocycles. The first-order valence-corrected chi connectivity index (χ1v) is 10.4. The molecular weight excluding hydrogens is 457 g/mol. The van der Waals surface area contributed by atoms with Crippen LogP contribution in [0.4, 0.5) is 13.2 Å². The Hall–Kier alpha value is -3.67. The van der Waals surface area contributed by atoms with Crippen LogP contribution in [0.25, 0.3) is 0 Å². The molecule has 34 heavy (non-hydrogen) atoms. The number of hydrogen-bond acceptors (Lipinski definition) is 6. The van der Waals surface area contributed by atoms with Crippen LogP contribution < -0.4 is 11.1 Å². The molecule has 1 aromatic carbocycles. The predicted molar refractivity (Wildman–Crippen MR) is 112 cm³/mol. The Bertz CT molecular complexity index is 1270. The van der Waals surface area contributed by atoms with Gasteiger partial charge in [-0.25, -0.2) is 9.48 Å². The highest BCUT2D eigenvalue weighted by atomic mass is 19.4. The first kappa shape index (κ1) is 23.5. The number of carboxylic acid groups (broad SMARTS) is 1. The van der Waals surface area contributed by atoms with Gasteiger partial charge in [0.1, 0.15) is 11.6 Å². The summed E-state index contributed by atoms with van der Waals surface area (Å²) in [6.45, 7) is 3.34. The quantitative estimate of drug-likeness (QED) is 0.571. The lowest BCUT2D eigenvalue weighted by molar-refractivity contribution is -0.192.